The molecule has 0 spiro atoms. The van der Waals surface area contributed by atoms with Crippen molar-refractivity contribution in [3.8, 4) is 21.7 Å². The molecule has 2 aliphatic rings. The molecule has 0 saturated heterocycles. The topological polar surface area (TPSA) is 72.3 Å². The fourth-order valence-electron chi connectivity index (χ4n) is 4.73. The minimum Gasteiger partial charge on any atom is -0.318 e. The fourth-order valence-corrected chi connectivity index (χ4v) is 5.92. The molecule has 3 aromatic heterocycles. The highest BCUT2D eigenvalue weighted by atomic mass is 32.1. The highest BCUT2D eigenvalue weighted by Crippen LogP contribution is 2.43. The molecule has 0 bridgehead atoms. The normalized spacial score (nSPS) is 14.6. The third kappa shape index (κ3) is 4.20. The molecule has 1 aliphatic heterocycles. The van der Waals surface area contributed by atoms with Gasteiger partial charge in [0.1, 0.15) is 5.69 Å². The summed E-state index contributed by atoms with van der Waals surface area (Å²) in [5.74, 6) is 0.624. The number of hydrogen-bond acceptors (Lipinski definition) is 5. The summed E-state index contributed by atoms with van der Waals surface area (Å²) in [5, 5.41) is 0. The summed E-state index contributed by atoms with van der Waals surface area (Å²) < 4.78 is 1.50. The van der Waals surface area contributed by atoms with Gasteiger partial charge in [0, 0.05) is 48.3 Å². The number of nitrogens with zero attached hydrogens (tertiary/aromatic N) is 3. The van der Waals surface area contributed by atoms with E-state index in [2.05, 4.69) is 4.98 Å². The third-order valence-electron chi connectivity index (χ3n) is 6.89. The SMILES string of the molecule is Cn1cc(-c2cccc(C(=O)N3CCc4cc(C(=O)CC5CC5)sc4-c4ccccc43)n2)ccc1=O. The highest BCUT2D eigenvalue weighted by molar-refractivity contribution is 7.17. The molecule has 0 unspecified atom stereocenters. The first kappa shape index (κ1) is 22.6. The average molecular weight is 496 g/mol. The predicted octanol–water partition coefficient (Wildman–Crippen LogP) is 5.36. The average Bonchev–Trinajstić information content (AvgIpc) is 3.64. The maximum atomic E-state index is 13.8. The molecule has 6 nitrogen and oxygen atoms in total. The zero-order valence-electron chi connectivity index (χ0n) is 19.9. The van der Waals surface area contributed by atoms with Crippen LogP contribution in [0.1, 0.15) is 45.0 Å². The molecule has 1 amide bonds. The summed E-state index contributed by atoms with van der Waals surface area (Å²) >= 11 is 1.55. The van der Waals surface area contributed by atoms with Crippen LogP contribution in [-0.2, 0) is 13.5 Å². The van der Waals surface area contributed by atoms with Crippen LogP contribution >= 0.6 is 11.3 Å². The van der Waals surface area contributed by atoms with Crippen LogP contribution in [0.4, 0.5) is 5.69 Å². The summed E-state index contributed by atoms with van der Waals surface area (Å²) in [6.45, 7) is 0.502. The van der Waals surface area contributed by atoms with Gasteiger partial charge >= 0.3 is 0 Å². The van der Waals surface area contributed by atoms with Crippen LogP contribution in [0.3, 0.4) is 0 Å². The second-order valence-electron chi connectivity index (χ2n) is 9.53. The highest BCUT2D eigenvalue weighted by Gasteiger charge is 2.30. The molecule has 1 fully saturated rings. The van der Waals surface area contributed by atoms with Crippen molar-refractivity contribution in [3.63, 3.8) is 0 Å². The van der Waals surface area contributed by atoms with Crippen LogP contribution in [-0.4, -0.2) is 27.8 Å². The van der Waals surface area contributed by atoms with Gasteiger partial charge in [0.25, 0.3) is 5.91 Å². The van der Waals surface area contributed by atoms with Crippen LogP contribution in [0, 0.1) is 5.92 Å². The van der Waals surface area contributed by atoms with Crippen LogP contribution in [0.5, 0.6) is 0 Å². The standard InChI is InChI=1S/C29H25N3O3S/c1-31-17-20(11-12-27(31)34)22-6-4-7-23(30-22)29(35)32-14-13-19-16-26(25(33)15-18-9-10-18)36-28(19)21-5-2-3-8-24(21)32/h2-8,11-12,16-18H,9-10,13-15H2,1H3. The lowest BCUT2D eigenvalue weighted by Crippen LogP contribution is -2.33. The van der Waals surface area contributed by atoms with E-state index in [-0.39, 0.29) is 17.2 Å². The first-order valence-electron chi connectivity index (χ1n) is 12.2. The first-order valence-corrected chi connectivity index (χ1v) is 13.0. The largest absolute Gasteiger partial charge is 0.318 e. The van der Waals surface area contributed by atoms with Gasteiger partial charge in [-0.25, -0.2) is 4.98 Å². The van der Waals surface area contributed by atoms with E-state index in [1.807, 2.05) is 42.5 Å². The van der Waals surface area contributed by atoms with Crippen LogP contribution in [0.25, 0.3) is 21.7 Å². The summed E-state index contributed by atoms with van der Waals surface area (Å²) in [6, 6.07) is 18.5. The van der Waals surface area contributed by atoms with E-state index < -0.39 is 0 Å². The molecule has 0 N–H and O–H groups in total. The van der Waals surface area contributed by atoms with Crippen molar-refractivity contribution in [2.24, 2.45) is 13.0 Å². The number of carbonyl (C=O) groups excluding carboxylic acids is 2. The lowest BCUT2D eigenvalue weighted by molar-refractivity contribution is 0.0972. The number of aromatic nitrogens is 2. The maximum absolute atomic E-state index is 13.8. The van der Waals surface area contributed by atoms with Gasteiger partial charge in [0.15, 0.2) is 5.78 Å². The summed E-state index contributed by atoms with van der Waals surface area (Å²) in [5.41, 5.74) is 4.58. The zero-order valence-corrected chi connectivity index (χ0v) is 20.8. The Morgan fingerprint density at radius 2 is 1.89 bits per heavy atom. The number of amides is 1. The molecular formula is C29H25N3O3S. The van der Waals surface area contributed by atoms with Crippen LogP contribution < -0.4 is 10.5 Å². The summed E-state index contributed by atoms with van der Waals surface area (Å²) in [4.78, 5) is 46.7. The number of ketones is 1. The molecule has 180 valence electrons. The van der Waals surface area contributed by atoms with Gasteiger partial charge < -0.3 is 9.47 Å². The lowest BCUT2D eigenvalue weighted by Gasteiger charge is -2.23. The molecule has 4 aromatic rings. The number of fused-ring (bicyclic) bond motifs is 3. The van der Waals surface area contributed by atoms with E-state index >= 15 is 0 Å². The Bertz CT molecular complexity index is 1560. The zero-order chi connectivity index (χ0) is 24.8. The molecule has 36 heavy (non-hydrogen) atoms. The van der Waals surface area contributed by atoms with Crippen molar-refractivity contribution in [1.82, 2.24) is 9.55 Å². The minimum absolute atomic E-state index is 0.1000. The number of thiophene rings is 1. The molecule has 1 saturated carbocycles. The molecule has 4 heterocycles. The number of carbonyl (C=O) groups is 2. The Morgan fingerprint density at radius 3 is 2.69 bits per heavy atom. The molecular weight excluding hydrogens is 470 g/mol. The van der Waals surface area contributed by atoms with E-state index in [0.717, 1.165) is 45.0 Å². The first-order chi connectivity index (χ1) is 17.5. The molecule has 7 heteroatoms. The van der Waals surface area contributed by atoms with Gasteiger partial charge in [-0.3, -0.25) is 14.4 Å². The smallest absolute Gasteiger partial charge is 0.276 e. The van der Waals surface area contributed by atoms with E-state index in [9.17, 15) is 14.4 Å². The fraction of sp³-hybridized carbons (Fsp3) is 0.241. The van der Waals surface area contributed by atoms with E-state index in [4.69, 9.17) is 0 Å². The van der Waals surface area contributed by atoms with Gasteiger partial charge in [-0.2, -0.15) is 0 Å². The second-order valence-corrected chi connectivity index (χ2v) is 10.6. The summed E-state index contributed by atoms with van der Waals surface area (Å²) in [6.07, 6.45) is 5.36. The monoisotopic (exact) mass is 495 g/mol. The Morgan fingerprint density at radius 1 is 1.06 bits per heavy atom. The quantitative estimate of drug-likeness (QED) is 0.350. The van der Waals surface area contributed by atoms with Crippen LogP contribution in [0.2, 0.25) is 0 Å². The van der Waals surface area contributed by atoms with Crippen molar-refractivity contribution in [1.29, 1.82) is 0 Å². The van der Waals surface area contributed by atoms with Gasteiger partial charge in [-0.1, -0.05) is 24.3 Å². The third-order valence-corrected chi connectivity index (χ3v) is 8.15. The van der Waals surface area contributed by atoms with E-state index in [0.29, 0.717) is 36.7 Å². The van der Waals surface area contributed by atoms with Gasteiger partial charge in [0.05, 0.1) is 16.3 Å². The number of benzene rings is 1. The van der Waals surface area contributed by atoms with Crippen molar-refractivity contribution in [3.05, 3.63) is 93.3 Å². The summed E-state index contributed by atoms with van der Waals surface area (Å²) in [7, 11) is 1.69. The van der Waals surface area contributed by atoms with E-state index in [1.54, 1.807) is 41.6 Å². The number of hydrogen-bond donors (Lipinski definition) is 0. The number of rotatable bonds is 5. The maximum Gasteiger partial charge on any atom is 0.276 e. The molecule has 0 atom stereocenters. The predicted molar refractivity (Wildman–Crippen MR) is 142 cm³/mol. The van der Waals surface area contributed by atoms with Crippen molar-refractivity contribution in [2.75, 3.05) is 11.4 Å². The van der Waals surface area contributed by atoms with Gasteiger partial charge in [-0.05, 0) is 61.1 Å². The molecule has 0 radical (unpaired) electrons. The Balaban J connectivity index is 1.34. The Hall–Kier alpha value is -3.84. The second kappa shape index (κ2) is 8.99. The minimum atomic E-state index is -0.172. The number of para-hydroxylation sites is 1. The molecule has 1 aliphatic carbocycles. The van der Waals surface area contributed by atoms with Crippen LogP contribution in [0.15, 0.2) is 71.7 Å². The Kier molecular flexibility index (Phi) is 5.64. The van der Waals surface area contributed by atoms with Gasteiger partial charge in [-0.15, -0.1) is 11.3 Å². The van der Waals surface area contributed by atoms with Crippen molar-refractivity contribution < 1.29 is 9.59 Å². The molecule has 1 aromatic carbocycles. The van der Waals surface area contributed by atoms with E-state index in [1.165, 1.54) is 10.6 Å². The lowest BCUT2D eigenvalue weighted by atomic mass is 10.1. The van der Waals surface area contributed by atoms with Crippen molar-refractivity contribution >= 4 is 28.7 Å². The number of anilines is 1. The van der Waals surface area contributed by atoms with Gasteiger partial charge in [0.2, 0.25) is 5.56 Å². The molecule has 6 rings (SSSR count). The van der Waals surface area contributed by atoms with Crippen molar-refractivity contribution in [2.45, 2.75) is 25.7 Å². The Labute approximate surface area is 212 Å². The number of aryl methyl sites for hydroxylation is 1. The number of Topliss-reactive ketones (excluding diaryl/α,β-unsaturated/α-hetero) is 1. The number of pyridine rings is 2.